The number of carbonyl (C=O) groups excluding carboxylic acids is 2. The maximum atomic E-state index is 12.3. The molecule has 0 aliphatic carbocycles. The van der Waals surface area contributed by atoms with Gasteiger partial charge in [-0.25, -0.2) is 14.5 Å². The number of rotatable bonds is 1. The van der Waals surface area contributed by atoms with Crippen LogP contribution in [0.25, 0.3) is 0 Å². The smallest absolute Gasteiger partial charge is 0.328 e. The fourth-order valence-corrected chi connectivity index (χ4v) is 2.67. The number of benzene rings is 1. The molecule has 22 heavy (non-hydrogen) atoms. The van der Waals surface area contributed by atoms with Crippen molar-refractivity contribution in [1.29, 1.82) is 0 Å². The first-order chi connectivity index (χ1) is 10.4. The lowest BCUT2D eigenvalue weighted by atomic mass is 10.2. The zero-order valence-corrected chi connectivity index (χ0v) is 14.7. The molecule has 120 valence electrons. The number of nitrogens with zero attached hydrogens (tertiary/aromatic N) is 4. The van der Waals surface area contributed by atoms with E-state index in [1.54, 1.807) is 19.0 Å². The van der Waals surface area contributed by atoms with Crippen molar-refractivity contribution in [3.8, 4) is 0 Å². The Kier molecular flexibility index (Phi) is 5.28. The van der Waals surface area contributed by atoms with Crippen molar-refractivity contribution in [3.63, 3.8) is 0 Å². The molecule has 4 amide bonds. The summed E-state index contributed by atoms with van der Waals surface area (Å²) in [6.07, 6.45) is 0. The van der Waals surface area contributed by atoms with Crippen LogP contribution in [0, 0.1) is 0 Å². The van der Waals surface area contributed by atoms with E-state index in [0.29, 0.717) is 13.1 Å². The molecule has 1 saturated heterocycles. The quantitative estimate of drug-likeness (QED) is 0.763. The van der Waals surface area contributed by atoms with Gasteiger partial charge in [0.15, 0.2) is 0 Å². The van der Waals surface area contributed by atoms with Crippen LogP contribution in [-0.4, -0.2) is 74.1 Å². The van der Waals surface area contributed by atoms with E-state index < -0.39 is 0 Å². The Bertz CT molecular complexity index is 539. The van der Waals surface area contributed by atoms with Gasteiger partial charge < -0.3 is 14.7 Å². The van der Waals surface area contributed by atoms with Gasteiger partial charge in [-0.1, -0.05) is 15.9 Å². The summed E-state index contributed by atoms with van der Waals surface area (Å²) >= 11 is 3.43. The summed E-state index contributed by atoms with van der Waals surface area (Å²) < 4.78 is 1.05. The molecule has 0 saturated carbocycles. The first-order valence-electron chi connectivity index (χ1n) is 7.14. The third-order valence-electron chi connectivity index (χ3n) is 3.70. The van der Waals surface area contributed by atoms with Crippen molar-refractivity contribution in [2.45, 2.75) is 0 Å². The third kappa shape index (κ3) is 3.71. The highest BCUT2D eigenvalue weighted by atomic mass is 79.9. The summed E-state index contributed by atoms with van der Waals surface area (Å²) in [6, 6.07) is 7.59. The molecule has 6 nitrogen and oxygen atoms in total. The van der Waals surface area contributed by atoms with E-state index in [2.05, 4.69) is 33.0 Å². The number of carbonyl (C=O) groups is 2. The molecule has 1 aromatic rings. The van der Waals surface area contributed by atoms with Crippen LogP contribution in [0.2, 0.25) is 0 Å². The molecule has 0 aromatic heterocycles. The Morgan fingerprint density at radius 3 is 2.05 bits per heavy atom. The van der Waals surface area contributed by atoms with Crippen LogP contribution in [0.5, 0.6) is 0 Å². The predicted molar refractivity (Wildman–Crippen MR) is 90.2 cm³/mol. The lowest BCUT2D eigenvalue weighted by Crippen LogP contribution is -2.54. The van der Waals surface area contributed by atoms with E-state index in [1.807, 2.05) is 12.1 Å². The van der Waals surface area contributed by atoms with E-state index in [0.717, 1.165) is 28.1 Å². The van der Waals surface area contributed by atoms with E-state index in [9.17, 15) is 9.59 Å². The van der Waals surface area contributed by atoms with Gasteiger partial charge in [-0.3, -0.25) is 0 Å². The number of imide groups is 1. The highest BCUT2D eigenvalue weighted by molar-refractivity contribution is 9.10. The van der Waals surface area contributed by atoms with Crippen LogP contribution >= 0.6 is 15.9 Å². The Morgan fingerprint density at radius 1 is 1.00 bits per heavy atom. The van der Waals surface area contributed by atoms with Gasteiger partial charge in [0, 0.05) is 57.5 Å². The molecule has 0 bridgehead atoms. The van der Waals surface area contributed by atoms with Gasteiger partial charge in [0.1, 0.15) is 0 Å². The summed E-state index contributed by atoms with van der Waals surface area (Å²) in [6.45, 7) is 2.74. The van der Waals surface area contributed by atoms with Gasteiger partial charge >= 0.3 is 12.1 Å². The van der Waals surface area contributed by atoms with Crippen molar-refractivity contribution < 1.29 is 9.59 Å². The minimum Gasteiger partial charge on any atom is -0.368 e. The molecular formula is C15H21BrN4O2. The summed E-state index contributed by atoms with van der Waals surface area (Å²) in [4.78, 5) is 30.7. The fraction of sp³-hybridized carbons (Fsp3) is 0.467. The van der Waals surface area contributed by atoms with Crippen LogP contribution in [0.4, 0.5) is 15.3 Å². The Labute approximate surface area is 139 Å². The highest BCUT2D eigenvalue weighted by Gasteiger charge is 2.27. The first-order valence-corrected chi connectivity index (χ1v) is 7.94. The normalized spacial score (nSPS) is 14.7. The summed E-state index contributed by atoms with van der Waals surface area (Å²) in [7, 11) is 4.79. The standard InChI is InChI=1S/C15H21BrN4O2/c1-17(2)14(21)18(3)15(22)20-10-8-19(9-11-20)13-6-4-12(16)5-7-13/h4-7H,8-11H2,1-3H3. The van der Waals surface area contributed by atoms with Crippen molar-refractivity contribution in [3.05, 3.63) is 28.7 Å². The van der Waals surface area contributed by atoms with Crippen LogP contribution < -0.4 is 4.90 Å². The monoisotopic (exact) mass is 368 g/mol. The molecule has 0 spiro atoms. The van der Waals surface area contributed by atoms with Crippen LogP contribution in [0.15, 0.2) is 28.7 Å². The summed E-state index contributed by atoms with van der Waals surface area (Å²) in [5.74, 6) is 0. The molecular weight excluding hydrogens is 348 g/mol. The maximum Gasteiger partial charge on any atom is 0.328 e. The second-order valence-electron chi connectivity index (χ2n) is 5.47. The molecule has 1 aromatic carbocycles. The second-order valence-corrected chi connectivity index (χ2v) is 6.38. The van der Waals surface area contributed by atoms with Crippen molar-refractivity contribution in [2.24, 2.45) is 0 Å². The van der Waals surface area contributed by atoms with E-state index in [-0.39, 0.29) is 12.1 Å². The predicted octanol–water partition coefficient (Wildman–Crippen LogP) is 2.30. The molecule has 1 aliphatic heterocycles. The molecule has 0 unspecified atom stereocenters. The number of urea groups is 2. The van der Waals surface area contributed by atoms with Gasteiger partial charge in [-0.15, -0.1) is 0 Å². The van der Waals surface area contributed by atoms with Crippen molar-refractivity contribution in [1.82, 2.24) is 14.7 Å². The number of hydrogen-bond acceptors (Lipinski definition) is 3. The minimum atomic E-state index is -0.305. The highest BCUT2D eigenvalue weighted by Crippen LogP contribution is 2.20. The van der Waals surface area contributed by atoms with Gasteiger partial charge in [0.05, 0.1) is 0 Å². The van der Waals surface area contributed by atoms with Crippen LogP contribution in [-0.2, 0) is 0 Å². The number of halogens is 1. The molecule has 0 radical (unpaired) electrons. The molecule has 0 N–H and O–H groups in total. The average molecular weight is 369 g/mol. The minimum absolute atomic E-state index is 0.242. The molecule has 1 aliphatic rings. The van der Waals surface area contributed by atoms with E-state index in [1.165, 1.54) is 11.9 Å². The first kappa shape index (κ1) is 16.6. The van der Waals surface area contributed by atoms with Crippen molar-refractivity contribution in [2.75, 3.05) is 52.2 Å². The molecule has 1 fully saturated rings. The maximum absolute atomic E-state index is 12.3. The Balaban J connectivity index is 1.93. The molecule has 1 heterocycles. The van der Waals surface area contributed by atoms with Gasteiger partial charge in [-0.2, -0.15) is 0 Å². The summed E-state index contributed by atoms with van der Waals surface area (Å²) in [5.41, 5.74) is 1.15. The molecule has 7 heteroatoms. The third-order valence-corrected chi connectivity index (χ3v) is 4.23. The zero-order valence-electron chi connectivity index (χ0n) is 13.1. The van der Waals surface area contributed by atoms with Gasteiger partial charge in [-0.05, 0) is 24.3 Å². The average Bonchev–Trinajstić information content (AvgIpc) is 2.53. The van der Waals surface area contributed by atoms with Crippen molar-refractivity contribution >= 4 is 33.7 Å². The Morgan fingerprint density at radius 2 is 1.55 bits per heavy atom. The lowest BCUT2D eigenvalue weighted by molar-refractivity contribution is 0.149. The number of hydrogen-bond donors (Lipinski definition) is 0. The lowest BCUT2D eigenvalue weighted by Gasteiger charge is -2.37. The van der Waals surface area contributed by atoms with Crippen LogP contribution in [0.3, 0.4) is 0 Å². The van der Waals surface area contributed by atoms with E-state index >= 15 is 0 Å². The molecule has 2 rings (SSSR count). The van der Waals surface area contributed by atoms with Gasteiger partial charge in [0.2, 0.25) is 0 Å². The number of amides is 4. The second kappa shape index (κ2) is 7.00. The largest absolute Gasteiger partial charge is 0.368 e. The van der Waals surface area contributed by atoms with E-state index in [4.69, 9.17) is 0 Å². The zero-order chi connectivity index (χ0) is 16.3. The fourth-order valence-electron chi connectivity index (χ4n) is 2.40. The Hall–Kier alpha value is -1.76. The number of piperazine rings is 1. The number of anilines is 1. The molecule has 0 atom stereocenters. The van der Waals surface area contributed by atoms with Gasteiger partial charge in [0.25, 0.3) is 0 Å². The summed E-state index contributed by atoms with van der Waals surface area (Å²) in [5, 5.41) is 0. The van der Waals surface area contributed by atoms with Crippen LogP contribution in [0.1, 0.15) is 0 Å². The topological polar surface area (TPSA) is 47.1 Å². The SMILES string of the molecule is CN(C)C(=O)N(C)C(=O)N1CCN(c2ccc(Br)cc2)CC1.